The summed E-state index contributed by atoms with van der Waals surface area (Å²) >= 11 is 0. The van der Waals surface area contributed by atoms with Crippen molar-refractivity contribution in [2.24, 2.45) is 0 Å². The van der Waals surface area contributed by atoms with Crippen LogP contribution < -0.4 is 5.56 Å². The minimum absolute atomic E-state index is 0.213. The molecule has 0 radical (unpaired) electrons. The van der Waals surface area contributed by atoms with Gasteiger partial charge < -0.3 is 14.6 Å². The van der Waals surface area contributed by atoms with E-state index in [0.29, 0.717) is 28.6 Å². The smallest absolute Gasteiger partial charge is 0.274 e. The summed E-state index contributed by atoms with van der Waals surface area (Å²) in [6.45, 7) is 1.52. The number of benzene rings is 1. The topological polar surface area (TPSA) is 109 Å². The van der Waals surface area contributed by atoms with E-state index in [2.05, 4.69) is 20.2 Å². The Morgan fingerprint density at radius 2 is 2.00 bits per heavy atom. The van der Waals surface area contributed by atoms with Crippen molar-refractivity contribution in [2.45, 2.75) is 13.5 Å². The number of nitrogens with zero attached hydrogens (tertiary/aromatic N) is 4. The molecule has 0 saturated heterocycles. The molecule has 0 amide bonds. The molecule has 0 atom stereocenters. The number of H-pyrrole nitrogens is 1. The Labute approximate surface area is 135 Å². The highest BCUT2D eigenvalue weighted by Crippen LogP contribution is 2.21. The summed E-state index contributed by atoms with van der Waals surface area (Å²) in [4.78, 5) is 19.2. The van der Waals surface area contributed by atoms with E-state index in [0.717, 1.165) is 11.1 Å². The van der Waals surface area contributed by atoms with Crippen LogP contribution in [0.25, 0.3) is 28.2 Å². The Kier molecular flexibility index (Phi) is 3.24. The van der Waals surface area contributed by atoms with Gasteiger partial charge in [-0.3, -0.25) is 4.79 Å². The Morgan fingerprint density at radius 3 is 2.67 bits per heavy atom. The van der Waals surface area contributed by atoms with Crippen molar-refractivity contribution in [1.29, 1.82) is 0 Å². The number of aryl methyl sites for hydroxylation is 1. The lowest BCUT2D eigenvalue weighted by atomic mass is 10.1. The second-order valence-corrected chi connectivity index (χ2v) is 5.33. The third-order valence-electron chi connectivity index (χ3n) is 3.66. The number of aromatic amines is 1. The van der Waals surface area contributed by atoms with Gasteiger partial charge in [-0.15, -0.1) is 0 Å². The third kappa shape index (κ3) is 2.38. The number of aliphatic hydroxyl groups excluding tert-OH is 1. The number of aliphatic hydroxyl groups is 1. The lowest BCUT2D eigenvalue weighted by molar-refractivity contribution is 0.276. The van der Waals surface area contributed by atoms with E-state index in [4.69, 9.17) is 9.63 Å². The lowest BCUT2D eigenvalue weighted by Crippen LogP contribution is -2.10. The maximum Gasteiger partial charge on any atom is 0.274 e. The Morgan fingerprint density at radius 1 is 1.25 bits per heavy atom. The highest BCUT2D eigenvalue weighted by atomic mass is 16.5. The molecular formula is C16H13N5O3. The number of aromatic nitrogens is 5. The molecule has 0 bridgehead atoms. The van der Waals surface area contributed by atoms with Crippen molar-refractivity contribution in [3.05, 3.63) is 58.5 Å². The van der Waals surface area contributed by atoms with Crippen LogP contribution in [0.15, 0.2) is 45.8 Å². The quantitative estimate of drug-likeness (QED) is 0.592. The van der Waals surface area contributed by atoms with Crippen LogP contribution in [0.2, 0.25) is 0 Å². The van der Waals surface area contributed by atoms with Gasteiger partial charge in [-0.05, 0) is 11.6 Å². The predicted molar refractivity (Wildman–Crippen MR) is 85.2 cm³/mol. The second kappa shape index (κ2) is 5.43. The highest BCUT2D eigenvalue weighted by molar-refractivity contribution is 5.65. The summed E-state index contributed by atoms with van der Waals surface area (Å²) in [6, 6.07) is 8.97. The van der Waals surface area contributed by atoms with Gasteiger partial charge in [-0.25, -0.2) is 4.52 Å². The molecular weight excluding hydrogens is 310 g/mol. The maximum atomic E-state index is 12.2. The number of hydrogen-bond acceptors (Lipinski definition) is 6. The summed E-state index contributed by atoms with van der Waals surface area (Å²) in [6.07, 6.45) is 1.71. The average Bonchev–Trinajstić information content (AvgIpc) is 3.21. The first-order chi connectivity index (χ1) is 11.6. The molecule has 2 N–H and O–H groups in total. The highest BCUT2D eigenvalue weighted by Gasteiger charge is 2.09. The summed E-state index contributed by atoms with van der Waals surface area (Å²) < 4.78 is 6.44. The SMILES string of the molecule is Cc1nc(-c2ccc(-c3cn4nc(CO)cc4c(=O)[nH]3)cc2)no1. The first-order valence-electron chi connectivity index (χ1n) is 7.27. The second-order valence-electron chi connectivity index (χ2n) is 5.33. The van der Waals surface area contributed by atoms with Crippen LogP contribution in [-0.2, 0) is 6.61 Å². The van der Waals surface area contributed by atoms with Crippen molar-refractivity contribution < 1.29 is 9.63 Å². The van der Waals surface area contributed by atoms with Crippen LogP contribution in [0.5, 0.6) is 0 Å². The van der Waals surface area contributed by atoms with Crippen molar-refractivity contribution in [3.8, 4) is 22.6 Å². The normalized spacial score (nSPS) is 11.2. The fraction of sp³-hybridized carbons (Fsp3) is 0.125. The first kappa shape index (κ1) is 14.3. The van der Waals surface area contributed by atoms with E-state index in [9.17, 15) is 4.79 Å². The molecule has 0 aliphatic carbocycles. The molecule has 4 rings (SSSR count). The molecule has 1 aromatic carbocycles. The standard InChI is InChI=1S/C16H13N5O3/c1-9-17-15(20-24-9)11-4-2-10(3-5-11)13-7-21-14(16(23)18-13)6-12(8-22)19-21/h2-7,22H,8H2,1H3,(H,18,23). The maximum absolute atomic E-state index is 12.2. The van der Waals surface area contributed by atoms with Gasteiger partial charge in [-0.1, -0.05) is 29.4 Å². The van der Waals surface area contributed by atoms with Crippen LogP contribution in [0.3, 0.4) is 0 Å². The molecule has 0 saturated carbocycles. The molecule has 24 heavy (non-hydrogen) atoms. The largest absolute Gasteiger partial charge is 0.390 e. The van der Waals surface area contributed by atoms with E-state index in [1.165, 1.54) is 4.52 Å². The van der Waals surface area contributed by atoms with Crippen molar-refractivity contribution in [1.82, 2.24) is 24.7 Å². The minimum Gasteiger partial charge on any atom is -0.390 e. The van der Waals surface area contributed by atoms with Crippen LogP contribution in [0, 0.1) is 6.92 Å². The Bertz CT molecular complexity index is 1080. The van der Waals surface area contributed by atoms with Crippen molar-refractivity contribution in [3.63, 3.8) is 0 Å². The summed E-state index contributed by atoms with van der Waals surface area (Å²) in [5.74, 6) is 1.02. The van der Waals surface area contributed by atoms with E-state index in [1.54, 1.807) is 19.2 Å². The van der Waals surface area contributed by atoms with Gasteiger partial charge in [0.1, 0.15) is 5.52 Å². The molecule has 8 nitrogen and oxygen atoms in total. The summed E-state index contributed by atoms with van der Waals surface area (Å²) in [5, 5.41) is 17.2. The summed E-state index contributed by atoms with van der Waals surface area (Å²) in [5.41, 5.74) is 2.83. The monoisotopic (exact) mass is 323 g/mol. The predicted octanol–water partition coefficient (Wildman–Crippen LogP) is 1.54. The van der Waals surface area contributed by atoms with Gasteiger partial charge in [-0.2, -0.15) is 10.1 Å². The van der Waals surface area contributed by atoms with E-state index < -0.39 is 0 Å². The van der Waals surface area contributed by atoms with Crippen molar-refractivity contribution in [2.75, 3.05) is 0 Å². The van der Waals surface area contributed by atoms with Gasteiger partial charge in [0.2, 0.25) is 11.7 Å². The Hall–Kier alpha value is -3.26. The van der Waals surface area contributed by atoms with Gasteiger partial charge in [0, 0.05) is 12.5 Å². The number of nitrogens with one attached hydrogen (secondary N) is 1. The molecule has 4 aromatic rings. The minimum atomic E-state index is -0.266. The van der Waals surface area contributed by atoms with E-state index in [-0.39, 0.29) is 12.2 Å². The number of hydrogen-bond donors (Lipinski definition) is 2. The fourth-order valence-corrected chi connectivity index (χ4v) is 2.49. The zero-order chi connectivity index (χ0) is 16.7. The third-order valence-corrected chi connectivity index (χ3v) is 3.66. The molecule has 0 aliphatic rings. The first-order valence-corrected chi connectivity index (χ1v) is 7.27. The molecule has 0 unspecified atom stereocenters. The molecule has 8 heteroatoms. The van der Waals surface area contributed by atoms with Crippen LogP contribution in [0.4, 0.5) is 0 Å². The zero-order valence-corrected chi connectivity index (χ0v) is 12.7. The van der Waals surface area contributed by atoms with Crippen LogP contribution >= 0.6 is 0 Å². The van der Waals surface area contributed by atoms with Crippen LogP contribution in [-0.4, -0.2) is 29.8 Å². The zero-order valence-electron chi connectivity index (χ0n) is 12.7. The van der Waals surface area contributed by atoms with Gasteiger partial charge >= 0.3 is 0 Å². The van der Waals surface area contributed by atoms with Gasteiger partial charge in [0.15, 0.2) is 0 Å². The van der Waals surface area contributed by atoms with Crippen molar-refractivity contribution >= 4 is 5.52 Å². The molecule has 0 fully saturated rings. The van der Waals surface area contributed by atoms with Gasteiger partial charge in [0.25, 0.3) is 5.56 Å². The number of rotatable bonds is 3. The molecule has 3 heterocycles. The lowest BCUT2D eigenvalue weighted by Gasteiger charge is -2.03. The van der Waals surface area contributed by atoms with E-state index >= 15 is 0 Å². The number of fused-ring (bicyclic) bond motifs is 1. The molecule has 0 aliphatic heterocycles. The molecule has 0 spiro atoms. The average molecular weight is 323 g/mol. The Balaban J connectivity index is 1.75. The molecule has 3 aromatic heterocycles. The van der Waals surface area contributed by atoms with Crippen LogP contribution in [0.1, 0.15) is 11.6 Å². The molecule has 120 valence electrons. The van der Waals surface area contributed by atoms with E-state index in [1.807, 2.05) is 24.3 Å². The fourth-order valence-electron chi connectivity index (χ4n) is 2.49. The summed E-state index contributed by atoms with van der Waals surface area (Å²) in [7, 11) is 0. The van der Waals surface area contributed by atoms with Gasteiger partial charge in [0.05, 0.1) is 24.2 Å².